The Balaban J connectivity index is 1.38. The number of para-hydroxylation sites is 1. The van der Waals surface area contributed by atoms with Gasteiger partial charge in [0.2, 0.25) is 0 Å². The molecule has 1 N–H and O–H groups in total. The molecule has 0 radical (unpaired) electrons. The number of nitrogens with one attached hydrogen (secondary N) is 1. The monoisotopic (exact) mass is 372 g/mol. The Hall–Kier alpha value is -1.46. The minimum absolute atomic E-state index is 0.353. The predicted molar refractivity (Wildman–Crippen MR) is 107 cm³/mol. The summed E-state index contributed by atoms with van der Waals surface area (Å²) in [5.41, 5.74) is 1.10. The second-order valence-electron chi connectivity index (χ2n) is 7.89. The second-order valence-corrected chi connectivity index (χ2v) is 8.96. The molecular formula is C21H30N3OS+. The van der Waals surface area contributed by atoms with E-state index in [0.29, 0.717) is 18.4 Å². The normalized spacial score (nSPS) is 22.9. The molecule has 4 rings (SSSR count). The summed E-state index contributed by atoms with van der Waals surface area (Å²) in [5, 5.41) is 1.21. The van der Waals surface area contributed by atoms with Gasteiger partial charge in [-0.05, 0) is 50.7 Å². The number of amides is 1. The topological polar surface area (TPSA) is 37.6 Å². The molecule has 26 heavy (non-hydrogen) atoms. The highest BCUT2D eigenvalue weighted by Crippen LogP contribution is 2.32. The summed E-state index contributed by atoms with van der Waals surface area (Å²) in [6.45, 7) is 4.80. The van der Waals surface area contributed by atoms with Crippen LogP contribution < -0.4 is 4.90 Å². The van der Waals surface area contributed by atoms with Crippen LogP contribution in [0.2, 0.25) is 0 Å². The van der Waals surface area contributed by atoms with Crippen LogP contribution in [0.3, 0.4) is 0 Å². The van der Waals surface area contributed by atoms with Gasteiger partial charge in [0.05, 0.1) is 28.3 Å². The van der Waals surface area contributed by atoms with Crippen LogP contribution in [0, 0.1) is 0 Å². The standard InChI is InChI=1S/C21H29N3OS/c25-20(16-23-12-6-2-1-3-7-13-23)24-14-8-9-17(15-24)21-22-18-10-4-5-11-19(18)26-21/h4-5,10-11,17H,1-3,6-9,12-16H2/p+1/t17-/m0/s1. The van der Waals surface area contributed by atoms with Crippen molar-refractivity contribution in [1.82, 2.24) is 9.88 Å². The fourth-order valence-corrected chi connectivity index (χ4v) is 5.47. The fraction of sp³-hybridized carbons (Fsp3) is 0.619. The second kappa shape index (κ2) is 8.49. The fourth-order valence-electron chi connectivity index (χ4n) is 4.38. The first kappa shape index (κ1) is 17.9. The van der Waals surface area contributed by atoms with Crippen molar-refractivity contribution in [2.45, 2.75) is 50.9 Å². The molecule has 0 saturated carbocycles. The number of likely N-dealkylation sites (tertiary alicyclic amines) is 2. The molecule has 0 unspecified atom stereocenters. The smallest absolute Gasteiger partial charge is 0.277 e. The van der Waals surface area contributed by atoms with E-state index in [9.17, 15) is 4.79 Å². The van der Waals surface area contributed by atoms with Gasteiger partial charge >= 0.3 is 0 Å². The van der Waals surface area contributed by atoms with E-state index >= 15 is 0 Å². The Morgan fingerprint density at radius 3 is 2.69 bits per heavy atom. The van der Waals surface area contributed by atoms with E-state index in [2.05, 4.69) is 29.2 Å². The highest BCUT2D eigenvalue weighted by molar-refractivity contribution is 7.18. The van der Waals surface area contributed by atoms with Gasteiger partial charge in [-0.1, -0.05) is 18.6 Å². The van der Waals surface area contributed by atoms with Crippen LogP contribution in [-0.2, 0) is 4.79 Å². The SMILES string of the molecule is O=C(C[NH+]1CCCCCCC1)N1CCC[C@H](c2nc3ccccc3s2)C1. The van der Waals surface area contributed by atoms with Gasteiger partial charge < -0.3 is 9.80 Å². The maximum atomic E-state index is 12.9. The number of hydrogen-bond acceptors (Lipinski definition) is 3. The number of carbonyl (C=O) groups is 1. The van der Waals surface area contributed by atoms with Crippen LogP contribution >= 0.6 is 11.3 Å². The number of piperidine rings is 1. The molecule has 0 bridgehead atoms. The Kier molecular flexibility index (Phi) is 5.85. The summed E-state index contributed by atoms with van der Waals surface area (Å²) in [6.07, 6.45) is 8.84. The number of carbonyl (C=O) groups excluding carboxylic acids is 1. The number of thiazole rings is 1. The Morgan fingerprint density at radius 2 is 1.88 bits per heavy atom. The molecule has 1 atom stereocenters. The maximum Gasteiger partial charge on any atom is 0.277 e. The molecule has 1 aromatic heterocycles. The van der Waals surface area contributed by atoms with Gasteiger partial charge in [0.15, 0.2) is 6.54 Å². The zero-order valence-electron chi connectivity index (χ0n) is 15.6. The lowest BCUT2D eigenvalue weighted by molar-refractivity contribution is -0.893. The van der Waals surface area contributed by atoms with Crippen LogP contribution in [0.25, 0.3) is 10.2 Å². The largest absolute Gasteiger partial charge is 0.337 e. The number of nitrogens with zero attached hydrogens (tertiary/aromatic N) is 2. The summed E-state index contributed by atoms with van der Waals surface area (Å²) < 4.78 is 1.26. The van der Waals surface area contributed by atoms with Crippen LogP contribution in [0.15, 0.2) is 24.3 Å². The van der Waals surface area contributed by atoms with Crippen LogP contribution in [-0.4, -0.2) is 48.5 Å². The zero-order chi connectivity index (χ0) is 17.8. The van der Waals surface area contributed by atoms with E-state index in [0.717, 1.165) is 31.4 Å². The third-order valence-corrected chi connectivity index (χ3v) is 7.09. The molecule has 2 fully saturated rings. The predicted octanol–water partition coefficient (Wildman–Crippen LogP) is 2.85. The summed E-state index contributed by atoms with van der Waals surface area (Å²) >= 11 is 1.80. The molecule has 140 valence electrons. The van der Waals surface area contributed by atoms with Gasteiger partial charge in [0.25, 0.3) is 5.91 Å². The Bertz CT molecular complexity index is 703. The van der Waals surface area contributed by atoms with Crippen LogP contribution in [0.5, 0.6) is 0 Å². The lowest BCUT2D eigenvalue weighted by Crippen LogP contribution is -3.13. The first-order chi connectivity index (χ1) is 12.8. The minimum Gasteiger partial charge on any atom is -0.337 e. The van der Waals surface area contributed by atoms with Crippen molar-refractivity contribution in [2.24, 2.45) is 0 Å². The summed E-state index contributed by atoms with van der Waals surface area (Å²) in [7, 11) is 0. The zero-order valence-corrected chi connectivity index (χ0v) is 16.4. The van der Waals surface area contributed by atoms with E-state index < -0.39 is 0 Å². The molecule has 5 heteroatoms. The minimum atomic E-state index is 0.353. The Labute approximate surface area is 160 Å². The van der Waals surface area contributed by atoms with Crippen molar-refractivity contribution < 1.29 is 9.69 Å². The number of rotatable bonds is 3. The van der Waals surface area contributed by atoms with Crippen molar-refractivity contribution in [3.05, 3.63) is 29.3 Å². The van der Waals surface area contributed by atoms with E-state index in [1.54, 1.807) is 11.3 Å². The first-order valence-electron chi connectivity index (χ1n) is 10.3. The van der Waals surface area contributed by atoms with Crippen molar-refractivity contribution >= 4 is 27.5 Å². The number of fused-ring (bicyclic) bond motifs is 1. The molecule has 0 spiro atoms. The highest BCUT2D eigenvalue weighted by atomic mass is 32.1. The van der Waals surface area contributed by atoms with Gasteiger partial charge in [0, 0.05) is 19.0 Å². The molecule has 2 aliphatic heterocycles. The van der Waals surface area contributed by atoms with Gasteiger partial charge in [-0.3, -0.25) is 4.79 Å². The summed E-state index contributed by atoms with van der Waals surface area (Å²) in [4.78, 5) is 21.4. The maximum absolute atomic E-state index is 12.9. The van der Waals surface area contributed by atoms with Gasteiger partial charge in [-0.25, -0.2) is 4.98 Å². The number of benzene rings is 1. The van der Waals surface area contributed by atoms with Crippen molar-refractivity contribution in [1.29, 1.82) is 0 Å². The van der Waals surface area contributed by atoms with Crippen molar-refractivity contribution in [3.63, 3.8) is 0 Å². The molecule has 2 aliphatic rings. The van der Waals surface area contributed by atoms with Gasteiger partial charge in [-0.2, -0.15) is 0 Å². The number of aromatic nitrogens is 1. The molecule has 1 amide bonds. The summed E-state index contributed by atoms with van der Waals surface area (Å²) in [6, 6.07) is 8.36. The van der Waals surface area contributed by atoms with Gasteiger partial charge in [-0.15, -0.1) is 11.3 Å². The van der Waals surface area contributed by atoms with E-state index in [-0.39, 0.29) is 0 Å². The highest BCUT2D eigenvalue weighted by Gasteiger charge is 2.28. The average Bonchev–Trinajstić information content (AvgIpc) is 3.08. The van der Waals surface area contributed by atoms with Crippen molar-refractivity contribution in [3.8, 4) is 0 Å². The van der Waals surface area contributed by atoms with Crippen LogP contribution in [0.4, 0.5) is 0 Å². The molecule has 0 aliphatic carbocycles. The first-order valence-corrected chi connectivity index (χ1v) is 11.1. The van der Waals surface area contributed by atoms with E-state index in [1.807, 2.05) is 0 Å². The number of hydrogen-bond donors (Lipinski definition) is 1. The van der Waals surface area contributed by atoms with E-state index in [4.69, 9.17) is 4.98 Å². The lowest BCUT2D eigenvalue weighted by atomic mass is 9.98. The number of quaternary nitrogens is 1. The third-order valence-electron chi connectivity index (χ3n) is 5.90. The molecular weight excluding hydrogens is 342 g/mol. The quantitative estimate of drug-likeness (QED) is 0.900. The lowest BCUT2D eigenvalue weighted by Gasteiger charge is -2.33. The average molecular weight is 373 g/mol. The summed E-state index contributed by atoms with van der Waals surface area (Å²) in [5.74, 6) is 0.763. The molecule has 4 nitrogen and oxygen atoms in total. The molecule has 3 heterocycles. The van der Waals surface area contributed by atoms with Gasteiger partial charge in [0.1, 0.15) is 0 Å². The van der Waals surface area contributed by atoms with E-state index in [1.165, 1.54) is 59.8 Å². The third kappa shape index (κ3) is 4.26. The van der Waals surface area contributed by atoms with Crippen LogP contribution in [0.1, 0.15) is 55.9 Å². The molecule has 2 aromatic rings. The Morgan fingerprint density at radius 1 is 1.12 bits per heavy atom. The molecule has 1 aromatic carbocycles. The van der Waals surface area contributed by atoms with Crippen molar-refractivity contribution in [2.75, 3.05) is 32.7 Å². The molecule has 2 saturated heterocycles.